The second-order valence-electron chi connectivity index (χ2n) is 10.4. The van der Waals surface area contributed by atoms with Crippen LogP contribution >= 0.6 is 7.82 Å². The van der Waals surface area contributed by atoms with E-state index >= 15 is 0 Å². The van der Waals surface area contributed by atoms with Crippen molar-refractivity contribution in [2.75, 3.05) is 13.2 Å². The normalized spacial score (nSPS) is 12.4. The predicted molar refractivity (Wildman–Crippen MR) is 152 cm³/mol. The Balaban J connectivity index is 4.04. The molecule has 0 aliphatic carbocycles. The fourth-order valence-electron chi connectivity index (χ4n) is 4.31. The summed E-state index contributed by atoms with van der Waals surface area (Å²) in [4.78, 5) is 42.3. The molecule has 0 fully saturated rings. The average Bonchev–Trinajstić information content (AvgIpc) is 2.87. The minimum absolute atomic E-state index is 0.218. The summed E-state index contributed by atoms with van der Waals surface area (Å²) in [5.41, 5.74) is 0. The van der Waals surface area contributed by atoms with Gasteiger partial charge in [0.05, 0.1) is 6.61 Å². The Morgan fingerprint density at radius 3 is 1.34 bits per heavy atom. The molecule has 0 amide bonds. The maximum Gasteiger partial charge on any atom is 0.469 e. The molecule has 1 unspecified atom stereocenters. The number of phosphoric acid groups is 1. The Bertz CT molecular complexity index is 607. The van der Waals surface area contributed by atoms with E-state index in [4.69, 9.17) is 19.3 Å². The molecule has 38 heavy (non-hydrogen) atoms. The smallest absolute Gasteiger partial charge is 0.462 e. The molecule has 226 valence electrons. The quantitative estimate of drug-likeness (QED) is 0.0555. The molecule has 0 bridgehead atoms. The molecule has 8 nitrogen and oxygen atoms in total. The van der Waals surface area contributed by atoms with Crippen LogP contribution in [0, 0.1) is 0 Å². The molecule has 0 saturated carbocycles. The number of carbonyl (C=O) groups is 2. The SMILES string of the molecule is CCCCCCCCCCCCC(=O)OCC(COP(=O)(O)O)OC(=O)CCCCCCCCCCCC. The van der Waals surface area contributed by atoms with Gasteiger partial charge in [0, 0.05) is 12.8 Å². The van der Waals surface area contributed by atoms with Gasteiger partial charge in [0.25, 0.3) is 0 Å². The number of phosphoric ester groups is 1. The molecule has 0 rings (SSSR count). The van der Waals surface area contributed by atoms with Crippen molar-refractivity contribution in [3.8, 4) is 0 Å². The van der Waals surface area contributed by atoms with Crippen LogP contribution in [0.15, 0.2) is 0 Å². The monoisotopic (exact) mass is 564 g/mol. The number of unbranched alkanes of at least 4 members (excludes halogenated alkanes) is 18. The van der Waals surface area contributed by atoms with Crippen LogP contribution in [0.5, 0.6) is 0 Å². The minimum atomic E-state index is -4.73. The van der Waals surface area contributed by atoms with Gasteiger partial charge in [0.1, 0.15) is 6.61 Å². The van der Waals surface area contributed by atoms with Crippen LogP contribution in [0.1, 0.15) is 155 Å². The lowest BCUT2D eigenvalue weighted by atomic mass is 10.1. The molecule has 1 atom stereocenters. The largest absolute Gasteiger partial charge is 0.469 e. The molecule has 9 heteroatoms. The third kappa shape index (κ3) is 28.1. The van der Waals surface area contributed by atoms with Gasteiger partial charge in [-0.05, 0) is 12.8 Å². The second-order valence-corrected chi connectivity index (χ2v) is 11.7. The molecule has 0 aromatic carbocycles. The maximum atomic E-state index is 12.2. The summed E-state index contributed by atoms with van der Waals surface area (Å²) in [7, 11) is -4.73. The molecule has 0 aromatic rings. The van der Waals surface area contributed by atoms with Gasteiger partial charge in [-0.15, -0.1) is 0 Å². The number of hydrogen-bond acceptors (Lipinski definition) is 6. The van der Waals surface area contributed by atoms with E-state index < -0.39 is 32.5 Å². The summed E-state index contributed by atoms with van der Waals surface area (Å²) in [5, 5.41) is 0. The first kappa shape index (κ1) is 37.0. The van der Waals surface area contributed by atoms with Crippen LogP contribution in [0.25, 0.3) is 0 Å². The van der Waals surface area contributed by atoms with E-state index in [-0.39, 0.29) is 19.4 Å². The lowest BCUT2D eigenvalue weighted by molar-refractivity contribution is -0.161. The zero-order valence-electron chi connectivity index (χ0n) is 24.3. The van der Waals surface area contributed by atoms with Crippen molar-refractivity contribution in [3.63, 3.8) is 0 Å². The Morgan fingerprint density at radius 1 is 0.579 bits per heavy atom. The standard InChI is InChI=1S/C29H57O8P/c1-3-5-7-9-11-13-15-17-19-21-23-28(30)35-25-27(26-36-38(32,33)34)37-29(31)24-22-20-18-16-14-12-10-8-6-4-2/h27H,3-26H2,1-2H3,(H2,32,33,34). The van der Waals surface area contributed by atoms with Crippen molar-refractivity contribution in [1.82, 2.24) is 0 Å². The predicted octanol–water partition coefficient (Wildman–Crippen LogP) is 8.17. The van der Waals surface area contributed by atoms with Crippen LogP contribution in [0.2, 0.25) is 0 Å². The van der Waals surface area contributed by atoms with Gasteiger partial charge < -0.3 is 19.3 Å². The highest BCUT2D eigenvalue weighted by Crippen LogP contribution is 2.35. The molecule has 0 radical (unpaired) electrons. The fraction of sp³-hybridized carbons (Fsp3) is 0.931. The number of hydrogen-bond donors (Lipinski definition) is 2. The molecule has 2 N–H and O–H groups in total. The van der Waals surface area contributed by atoms with E-state index in [0.29, 0.717) is 6.42 Å². The van der Waals surface area contributed by atoms with E-state index in [1.807, 2.05) is 0 Å². The molecular weight excluding hydrogens is 507 g/mol. The summed E-state index contributed by atoms with van der Waals surface area (Å²) < 4.78 is 26.1. The highest BCUT2D eigenvalue weighted by molar-refractivity contribution is 7.46. The van der Waals surface area contributed by atoms with Crippen LogP contribution in [-0.2, 0) is 28.2 Å². The van der Waals surface area contributed by atoms with Gasteiger partial charge in [-0.3, -0.25) is 14.1 Å². The third-order valence-electron chi connectivity index (χ3n) is 6.63. The zero-order valence-corrected chi connectivity index (χ0v) is 25.2. The zero-order chi connectivity index (χ0) is 28.3. The highest BCUT2D eigenvalue weighted by atomic mass is 31.2. The Hall–Kier alpha value is -0.950. The van der Waals surface area contributed by atoms with Crippen molar-refractivity contribution >= 4 is 19.8 Å². The maximum absolute atomic E-state index is 12.2. The first-order valence-corrected chi connectivity index (χ1v) is 16.9. The van der Waals surface area contributed by atoms with Crippen LogP contribution in [0.4, 0.5) is 0 Å². The number of esters is 2. The van der Waals surface area contributed by atoms with E-state index in [9.17, 15) is 14.2 Å². The van der Waals surface area contributed by atoms with Crippen LogP contribution < -0.4 is 0 Å². The fourth-order valence-corrected chi connectivity index (χ4v) is 4.67. The number of rotatable bonds is 28. The third-order valence-corrected chi connectivity index (χ3v) is 7.11. The molecule has 0 heterocycles. The molecule has 0 aliphatic heterocycles. The number of ether oxygens (including phenoxy) is 2. The van der Waals surface area contributed by atoms with Crippen LogP contribution in [-0.4, -0.2) is 41.0 Å². The van der Waals surface area contributed by atoms with Gasteiger partial charge in [-0.2, -0.15) is 0 Å². The van der Waals surface area contributed by atoms with Gasteiger partial charge in [0.15, 0.2) is 6.10 Å². The molecular formula is C29H57O8P. The van der Waals surface area contributed by atoms with Crippen molar-refractivity contribution in [1.29, 1.82) is 0 Å². The van der Waals surface area contributed by atoms with Crippen molar-refractivity contribution < 1.29 is 37.9 Å². The summed E-state index contributed by atoms with van der Waals surface area (Å²) >= 11 is 0. The molecule has 0 saturated heterocycles. The topological polar surface area (TPSA) is 119 Å². The summed E-state index contributed by atoms with van der Waals surface area (Å²) in [6, 6.07) is 0. The molecule has 0 aromatic heterocycles. The highest BCUT2D eigenvalue weighted by Gasteiger charge is 2.22. The van der Waals surface area contributed by atoms with Gasteiger partial charge in [0.2, 0.25) is 0 Å². The lowest BCUT2D eigenvalue weighted by Crippen LogP contribution is -2.29. The average molecular weight is 565 g/mol. The first-order chi connectivity index (χ1) is 18.3. The summed E-state index contributed by atoms with van der Waals surface area (Å²) in [6.45, 7) is 3.62. The van der Waals surface area contributed by atoms with Crippen molar-refractivity contribution in [3.05, 3.63) is 0 Å². The summed E-state index contributed by atoms with van der Waals surface area (Å²) in [5.74, 6) is -0.883. The van der Waals surface area contributed by atoms with E-state index in [2.05, 4.69) is 18.4 Å². The molecule has 0 aliphatic rings. The second kappa shape index (κ2) is 26.3. The Kier molecular flexibility index (Phi) is 25.6. The minimum Gasteiger partial charge on any atom is -0.462 e. The van der Waals surface area contributed by atoms with Gasteiger partial charge in [-0.25, -0.2) is 4.57 Å². The van der Waals surface area contributed by atoms with Crippen LogP contribution in [0.3, 0.4) is 0 Å². The number of carbonyl (C=O) groups excluding carboxylic acids is 2. The van der Waals surface area contributed by atoms with Crippen molar-refractivity contribution in [2.45, 2.75) is 161 Å². The summed E-state index contributed by atoms with van der Waals surface area (Å²) in [6.07, 6.45) is 22.6. The van der Waals surface area contributed by atoms with Gasteiger partial charge in [-0.1, -0.05) is 129 Å². The lowest BCUT2D eigenvalue weighted by Gasteiger charge is -2.18. The van der Waals surface area contributed by atoms with E-state index in [1.54, 1.807) is 0 Å². The van der Waals surface area contributed by atoms with Gasteiger partial charge >= 0.3 is 19.8 Å². The Labute approximate surface area is 232 Å². The Morgan fingerprint density at radius 2 is 0.947 bits per heavy atom. The first-order valence-electron chi connectivity index (χ1n) is 15.3. The van der Waals surface area contributed by atoms with E-state index in [1.165, 1.54) is 83.5 Å². The molecule has 0 spiro atoms. The van der Waals surface area contributed by atoms with Crippen molar-refractivity contribution in [2.24, 2.45) is 0 Å². The van der Waals surface area contributed by atoms with E-state index in [0.717, 1.165) is 38.5 Å².